The molecule has 2 unspecified atom stereocenters. The Bertz CT molecular complexity index is 1130. The number of piperidine rings is 1. The molecular formula is C26H27F3N4O. The van der Waals surface area contributed by atoms with Gasteiger partial charge in [-0.3, -0.25) is 9.78 Å². The van der Waals surface area contributed by atoms with Gasteiger partial charge < -0.3 is 10.2 Å². The zero-order chi connectivity index (χ0) is 24.3. The van der Waals surface area contributed by atoms with Gasteiger partial charge in [-0.05, 0) is 56.0 Å². The van der Waals surface area contributed by atoms with Crippen LogP contribution < -0.4 is 5.32 Å². The number of rotatable bonds is 5. The van der Waals surface area contributed by atoms with Crippen LogP contribution in [0.1, 0.15) is 41.3 Å². The van der Waals surface area contributed by atoms with Crippen molar-refractivity contribution in [3.05, 3.63) is 77.6 Å². The molecule has 2 atom stereocenters. The standard InChI is InChI=1S/C26H27F3N4O/c1-17-8-10-20(22-7-3-4-12-30-22)21(14-17)25(34)33-13-5-6-18(2)23(33)16-32-24-11-9-19(15-31-24)26(27,28)29/h3-4,7-12,14-15,18,23H,5-6,13,16H2,1-2H3,(H,31,32). The number of aryl methyl sites for hydroxylation is 1. The SMILES string of the molecule is Cc1ccc(-c2ccccn2)c(C(=O)N2CCCC(C)C2CNc2ccc(C(F)(F)F)cn2)c1. The number of halogens is 3. The largest absolute Gasteiger partial charge is 0.417 e. The summed E-state index contributed by atoms with van der Waals surface area (Å²) in [7, 11) is 0. The number of aromatic nitrogens is 2. The molecule has 178 valence electrons. The Kier molecular flexibility index (Phi) is 6.86. The monoisotopic (exact) mass is 468 g/mol. The molecule has 1 aliphatic heterocycles. The van der Waals surface area contributed by atoms with E-state index in [9.17, 15) is 18.0 Å². The van der Waals surface area contributed by atoms with Crippen molar-refractivity contribution < 1.29 is 18.0 Å². The van der Waals surface area contributed by atoms with Crippen molar-refractivity contribution in [3.63, 3.8) is 0 Å². The predicted octanol–water partition coefficient (Wildman–Crippen LogP) is 5.82. The van der Waals surface area contributed by atoms with Crippen molar-refractivity contribution in [2.75, 3.05) is 18.4 Å². The third-order valence-corrected chi connectivity index (χ3v) is 6.31. The molecule has 1 aromatic carbocycles. The van der Waals surface area contributed by atoms with Gasteiger partial charge in [0.05, 0.1) is 17.3 Å². The highest BCUT2D eigenvalue weighted by molar-refractivity contribution is 6.01. The summed E-state index contributed by atoms with van der Waals surface area (Å²) >= 11 is 0. The third-order valence-electron chi connectivity index (χ3n) is 6.31. The van der Waals surface area contributed by atoms with E-state index in [2.05, 4.69) is 22.2 Å². The number of likely N-dealkylation sites (tertiary alicyclic amines) is 1. The Labute approximate surface area is 197 Å². The van der Waals surface area contributed by atoms with Gasteiger partial charge in [-0.15, -0.1) is 0 Å². The molecular weight excluding hydrogens is 441 g/mol. The summed E-state index contributed by atoms with van der Waals surface area (Å²) in [6, 6.07) is 13.6. The average molecular weight is 469 g/mol. The fraction of sp³-hybridized carbons (Fsp3) is 0.346. The molecule has 1 fully saturated rings. The van der Waals surface area contributed by atoms with Gasteiger partial charge in [-0.2, -0.15) is 13.2 Å². The molecule has 0 saturated carbocycles. The van der Waals surface area contributed by atoms with E-state index < -0.39 is 11.7 Å². The fourth-order valence-electron chi connectivity index (χ4n) is 4.42. The van der Waals surface area contributed by atoms with Crippen molar-refractivity contribution in [1.82, 2.24) is 14.9 Å². The smallest absolute Gasteiger partial charge is 0.368 e. The van der Waals surface area contributed by atoms with Crippen LogP contribution in [-0.2, 0) is 6.18 Å². The maximum absolute atomic E-state index is 13.8. The van der Waals surface area contributed by atoms with Crippen molar-refractivity contribution in [2.45, 2.75) is 38.9 Å². The number of carbonyl (C=O) groups is 1. The normalized spacial score (nSPS) is 18.6. The molecule has 1 amide bonds. The van der Waals surface area contributed by atoms with Gasteiger partial charge in [-0.25, -0.2) is 4.98 Å². The highest BCUT2D eigenvalue weighted by atomic mass is 19.4. The van der Waals surface area contributed by atoms with Gasteiger partial charge in [-0.1, -0.05) is 30.7 Å². The van der Waals surface area contributed by atoms with E-state index in [4.69, 9.17) is 0 Å². The number of alkyl halides is 3. The number of anilines is 1. The van der Waals surface area contributed by atoms with Gasteiger partial charge in [0.1, 0.15) is 5.82 Å². The average Bonchev–Trinajstić information content (AvgIpc) is 2.83. The predicted molar refractivity (Wildman–Crippen MR) is 125 cm³/mol. The number of amides is 1. The van der Waals surface area contributed by atoms with Gasteiger partial charge >= 0.3 is 6.18 Å². The second-order valence-electron chi connectivity index (χ2n) is 8.76. The Morgan fingerprint density at radius 1 is 1.15 bits per heavy atom. The Balaban J connectivity index is 1.57. The first kappa shape index (κ1) is 23.7. The van der Waals surface area contributed by atoms with Crippen LogP contribution in [0.3, 0.4) is 0 Å². The van der Waals surface area contributed by atoms with Gasteiger partial charge in [0, 0.05) is 36.6 Å². The second-order valence-corrected chi connectivity index (χ2v) is 8.76. The zero-order valence-electron chi connectivity index (χ0n) is 19.1. The first-order valence-electron chi connectivity index (χ1n) is 11.3. The molecule has 1 aliphatic rings. The zero-order valence-corrected chi connectivity index (χ0v) is 19.1. The molecule has 34 heavy (non-hydrogen) atoms. The van der Waals surface area contributed by atoms with Gasteiger partial charge in [0.15, 0.2) is 0 Å². The fourth-order valence-corrected chi connectivity index (χ4v) is 4.42. The van der Waals surface area contributed by atoms with Crippen LogP contribution in [-0.4, -0.2) is 39.9 Å². The van der Waals surface area contributed by atoms with Crippen LogP contribution in [0.25, 0.3) is 11.3 Å². The summed E-state index contributed by atoms with van der Waals surface area (Å²) in [4.78, 5) is 24.0. The maximum Gasteiger partial charge on any atom is 0.417 e. The van der Waals surface area contributed by atoms with Crippen molar-refractivity contribution in [2.24, 2.45) is 5.92 Å². The summed E-state index contributed by atoms with van der Waals surface area (Å²) < 4.78 is 38.5. The molecule has 0 spiro atoms. The van der Waals surface area contributed by atoms with Crippen molar-refractivity contribution >= 4 is 11.7 Å². The number of pyridine rings is 2. The van der Waals surface area contributed by atoms with E-state index in [0.29, 0.717) is 24.5 Å². The summed E-state index contributed by atoms with van der Waals surface area (Å²) in [5, 5.41) is 3.13. The Morgan fingerprint density at radius 3 is 2.65 bits per heavy atom. The lowest BCUT2D eigenvalue weighted by molar-refractivity contribution is -0.137. The van der Waals surface area contributed by atoms with Crippen LogP contribution in [0.4, 0.5) is 19.0 Å². The first-order valence-corrected chi connectivity index (χ1v) is 11.3. The van der Waals surface area contributed by atoms with E-state index in [-0.39, 0.29) is 17.9 Å². The van der Waals surface area contributed by atoms with Crippen molar-refractivity contribution in [1.29, 1.82) is 0 Å². The van der Waals surface area contributed by atoms with Crippen LogP contribution >= 0.6 is 0 Å². The van der Waals surface area contributed by atoms with Crippen LogP contribution in [0.5, 0.6) is 0 Å². The molecule has 1 saturated heterocycles. The minimum atomic E-state index is -4.42. The van der Waals surface area contributed by atoms with Crippen LogP contribution in [0, 0.1) is 12.8 Å². The molecule has 0 aliphatic carbocycles. The highest BCUT2D eigenvalue weighted by Gasteiger charge is 2.34. The first-order chi connectivity index (χ1) is 16.2. The summed E-state index contributed by atoms with van der Waals surface area (Å²) in [6.07, 6.45) is -0.0342. The molecule has 0 bridgehead atoms. The van der Waals surface area contributed by atoms with Crippen molar-refractivity contribution in [3.8, 4) is 11.3 Å². The lowest BCUT2D eigenvalue weighted by Crippen LogP contribution is -2.51. The van der Waals surface area contributed by atoms with E-state index in [1.807, 2.05) is 48.2 Å². The Hall–Kier alpha value is -3.42. The van der Waals surface area contributed by atoms with E-state index >= 15 is 0 Å². The molecule has 3 heterocycles. The van der Waals surface area contributed by atoms with E-state index in [0.717, 1.165) is 41.9 Å². The number of hydrogen-bond donors (Lipinski definition) is 1. The molecule has 3 aromatic rings. The molecule has 4 rings (SSSR count). The summed E-state index contributed by atoms with van der Waals surface area (Å²) in [6.45, 7) is 5.07. The Morgan fingerprint density at radius 2 is 1.97 bits per heavy atom. The van der Waals surface area contributed by atoms with E-state index in [1.54, 1.807) is 6.20 Å². The molecule has 5 nitrogen and oxygen atoms in total. The lowest BCUT2D eigenvalue weighted by Gasteiger charge is -2.40. The second kappa shape index (κ2) is 9.83. The summed E-state index contributed by atoms with van der Waals surface area (Å²) in [5.74, 6) is 0.508. The summed E-state index contributed by atoms with van der Waals surface area (Å²) in [5.41, 5.74) is 2.31. The van der Waals surface area contributed by atoms with Crippen LogP contribution in [0.15, 0.2) is 60.9 Å². The van der Waals surface area contributed by atoms with Gasteiger partial charge in [0.2, 0.25) is 0 Å². The molecule has 2 aromatic heterocycles. The lowest BCUT2D eigenvalue weighted by atomic mass is 9.89. The minimum absolute atomic E-state index is 0.0666. The molecule has 0 radical (unpaired) electrons. The maximum atomic E-state index is 13.8. The number of carbonyl (C=O) groups excluding carboxylic acids is 1. The highest BCUT2D eigenvalue weighted by Crippen LogP contribution is 2.31. The third kappa shape index (κ3) is 5.21. The number of nitrogens with zero attached hydrogens (tertiary/aromatic N) is 3. The molecule has 1 N–H and O–H groups in total. The topological polar surface area (TPSA) is 58.1 Å². The van der Waals surface area contributed by atoms with E-state index in [1.165, 1.54) is 6.07 Å². The van der Waals surface area contributed by atoms with Gasteiger partial charge in [0.25, 0.3) is 5.91 Å². The number of benzene rings is 1. The number of nitrogens with one attached hydrogen (secondary N) is 1. The quantitative estimate of drug-likeness (QED) is 0.512. The van der Waals surface area contributed by atoms with Crippen LogP contribution in [0.2, 0.25) is 0 Å². The molecule has 8 heteroatoms. The number of hydrogen-bond acceptors (Lipinski definition) is 4. The minimum Gasteiger partial charge on any atom is -0.368 e.